The Morgan fingerprint density at radius 2 is 0.855 bits per heavy atom. The van der Waals surface area contributed by atoms with E-state index in [1.807, 2.05) is 0 Å². The van der Waals surface area contributed by atoms with Gasteiger partial charge in [0.25, 0.3) is 0 Å². The highest BCUT2D eigenvalue weighted by atomic mass is 16.5. The molecular weight excluding hydrogens is 683 g/mol. The molecule has 0 aliphatic heterocycles. The molecule has 326 valence electrons. The van der Waals surface area contributed by atoms with Gasteiger partial charge >= 0.3 is 5.97 Å². The highest BCUT2D eigenvalue weighted by Crippen LogP contribution is 2.16. The molecule has 0 aromatic carbocycles. The summed E-state index contributed by atoms with van der Waals surface area (Å²) in [6, 6.07) is -0.559. The van der Waals surface area contributed by atoms with E-state index in [9.17, 15) is 19.8 Å². The van der Waals surface area contributed by atoms with Crippen LogP contribution >= 0.6 is 0 Å². The topological polar surface area (TPSA) is 95.9 Å². The van der Waals surface area contributed by atoms with E-state index in [1.54, 1.807) is 0 Å². The Kier molecular flexibility index (Phi) is 44.2. The van der Waals surface area contributed by atoms with E-state index >= 15 is 0 Å². The number of allylic oxidation sites excluding steroid dienone is 2. The molecule has 0 saturated carbocycles. The van der Waals surface area contributed by atoms with E-state index in [1.165, 1.54) is 173 Å². The summed E-state index contributed by atoms with van der Waals surface area (Å²) >= 11 is 0. The first-order valence-corrected chi connectivity index (χ1v) is 24.4. The van der Waals surface area contributed by atoms with Crippen LogP contribution in [0.1, 0.15) is 264 Å². The average Bonchev–Trinajstić information content (AvgIpc) is 3.18. The maximum atomic E-state index is 12.4. The molecule has 6 heteroatoms. The summed E-state index contributed by atoms with van der Waals surface area (Å²) in [6.45, 7) is 4.88. The third kappa shape index (κ3) is 42.0. The number of esters is 1. The van der Waals surface area contributed by atoms with Crippen LogP contribution in [-0.2, 0) is 14.3 Å². The highest BCUT2D eigenvalue weighted by Gasteiger charge is 2.20. The van der Waals surface area contributed by atoms with Gasteiger partial charge in [-0.25, -0.2) is 0 Å². The number of hydrogen-bond acceptors (Lipinski definition) is 5. The Labute approximate surface area is 342 Å². The molecule has 0 fully saturated rings. The lowest BCUT2D eigenvalue weighted by molar-refractivity contribution is -0.143. The maximum absolute atomic E-state index is 12.4. The normalized spacial score (nSPS) is 12.7. The minimum absolute atomic E-state index is 0.0281. The standard InChI is InChI=1S/C49H95NO5/c1-3-5-7-9-11-13-15-16-17-18-19-20-21-23-27-31-35-39-43-49(54)55-44-40-36-32-28-24-26-30-34-38-42-48(53)50-46(45-51)47(52)41-37-33-29-25-22-14-12-10-8-6-4-2/h17-18,46-47,51-52H,3-16,19-45H2,1-2H3,(H,50,53)/b18-17-. The molecule has 0 bridgehead atoms. The number of nitrogens with one attached hydrogen (secondary N) is 1. The molecule has 0 spiro atoms. The molecule has 0 aromatic heterocycles. The molecule has 0 heterocycles. The van der Waals surface area contributed by atoms with Gasteiger partial charge in [0.05, 0.1) is 25.4 Å². The quantitative estimate of drug-likeness (QED) is 0.0325. The predicted octanol–water partition coefficient (Wildman–Crippen LogP) is 14.2. The van der Waals surface area contributed by atoms with E-state index < -0.39 is 12.1 Å². The number of unbranched alkanes of at least 4 members (excludes halogenated alkanes) is 32. The Balaban J connectivity index is 3.46. The minimum Gasteiger partial charge on any atom is -0.466 e. The minimum atomic E-state index is -0.679. The third-order valence-electron chi connectivity index (χ3n) is 11.3. The number of amides is 1. The van der Waals surface area contributed by atoms with Gasteiger partial charge in [-0.05, 0) is 51.4 Å². The van der Waals surface area contributed by atoms with Crippen molar-refractivity contribution >= 4 is 11.9 Å². The summed E-state index contributed by atoms with van der Waals surface area (Å²) < 4.78 is 5.45. The van der Waals surface area contributed by atoms with Gasteiger partial charge in [0, 0.05) is 12.8 Å². The van der Waals surface area contributed by atoms with Gasteiger partial charge in [-0.2, -0.15) is 0 Å². The second-order valence-electron chi connectivity index (χ2n) is 16.8. The molecule has 55 heavy (non-hydrogen) atoms. The Bertz CT molecular complexity index is 817. The third-order valence-corrected chi connectivity index (χ3v) is 11.3. The molecule has 0 aliphatic carbocycles. The van der Waals surface area contributed by atoms with Crippen molar-refractivity contribution in [2.75, 3.05) is 13.2 Å². The molecule has 3 N–H and O–H groups in total. The van der Waals surface area contributed by atoms with Crippen molar-refractivity contribution < 1.29 is 24.5 Å². The van der Waals surface area contributed by atoms with Crippen LogP contribution < -0.4 is 5.32 Å². The first-order valence-electron chi connectivity index (χ1n) is 24.4. The number of carbonyl (C=O) groups excluding carboxylic acids is 2. The first kappa shape index (κ1) is 53.6. The fourth-order valence-corrected chi connectivity index (χ4v) is 7.51. The van der Waals surface area contributed by atoms with Gasteiger partial charge < -0.3 is 20.3 Å². The van der Waals surface area contributed by atoms with Gasteiger partial charge in [-0.3, -0.25) is 9.59 Å². The lowest BCUT2D eigenvalue weighted by atomic mass is 10.0. The van der Waals surface area contributed by atoms with Crippen LogP contribution in [0.4, 0.5) is 0 Å². The van der Waals surface area contributed by atoms with Crippen LogP contribution in [0, 0.1) is 0 Å². The van der Waals surface area contributed by atoms with Gasteiger partial charge in [0.1, 0.15) is 0 Å². The van der Waals surface area contributed by atoms with E-state index in [0.29, 0.717) is 25.9 Å². The zero-order valence-electron chi connectivity index (χ0n) is 36.9. The molecule has 0 radical (unpaired) electrons. The molecule has 1 amide bonds. The highest BCUT2D eigenvalue weighted by molar-refractivity contribution is 5.76. The van der Waals surface area contributed by atoms with Crippen molar-refractivity contribution in [3.63, 3.8) is 0 Å². The SMILES string of the molecule is CCCCCCCCC/C=C\CCCCCCCCCC(=O)OCCCCCCCCCCCC(=O)NC(CO)C(O)CCCCCCCCCCCCC. The van der Waals surface area contributed by atoms with Crippen molar-refractivity contribution in [3.8, 4) is 0 Å². The number of carbonyl (C=O) groups is 2. The van der Waals surface area contributed by atoms with E-state index in [-0.39, 0.29) is 18.5 Å². The number of ether oxygens (including phenoxy) is 1. The molecule has 0 aromatic rings. The van der Waals surface area contributed by atoms with Crippen molar-refractivity contribution in [1.29, 1.82) is 0 Å². The van der Waals surface area contributed by atoms with Crippen LogP contribution in [-0.4, -0.2) is 47.4 Å². The van der Waals surface area contributed by atoms with Gasteiger partial charge in [-0.1, -0.05) is 212 Å². The molecule has 6 nitrogen and oxygen atoms in total. The zero-order valence-corrected chi connectivity index (χ0v) is 36.9. The van der Waals surface area contributed by atoms with Gasteiger partial charge in [0.15, 0.2) is 0 Å². The van der Waals surface area contributed by atoms with Crippen LogP contribution in [0.15, 0.2) is 12.2 Å². The predicted molar refractivity (Wildman–Crippen MR) is 237 cm³/mol. The van der Waals surface area contributed by atoms with Crippen molar-refractivity contribution in [2.45, 2.75) is 276 Å². The summed E-state index contributed by atoms with van der Waals surface area (Å²) in [7, 11) is 0. The Morgan fingerprint density at radius 1 is 0.491 bits per heavy atom. The summed E-state index contributed by atoms with van der Waals surface area (Å²) in [4.78, 5) is 24.4. The second-order valence-corrected chi connectivity index (χ2v) is 16.8. The summed E-state index contributed by atoms with van der Waals surface area (Å²) in [6.07, 6.45) is 50.3. The molecule has 2 atom stereocenters. The fourth-order valence-electron chi connectivity index (χ4n) is 7.51. The summed E-state index contributed by atoms with van der Waals surface area (Å²) in [5, 5.41) is 23.1. The summed E-state index contributed by atoms with van der Waals surface area (Å²) in [5.74, 6) is -0.0917. The van der Waals surface area contributed by atoms with Crippen LogP contribution in [0.25, 0.3) is 0 Å². The lowest BCUT2D eigenvalue weighted by Gasteiger charge is -2.22. The van der Waals surface area contributed by atoms with Crippen LogP contribution in [0.2, 0.25) is 0 Å². The van der Waals surface area contributed by atoms with E-state index in [2.05, 4.69) is 31.3 Å². The van der Waals surface area contributed by atoms with Gasteiger partial charge in [0.2, 0.25) is 5.91 Å². The number of aliphatic hydroxyl groups excluding tert-OH is 2. The monoisotopic (exact) mass is 778 g/mol. The molecule has 0 aliphatic rings. The van der Waals surface area contributed by atoms with E-state index in [4.69, 9.17) is 4.74 Å². The number of rotatable bonds is 45. The Morgan fingerprint density at radius 3 is 1.29 bits per heavy atom. The average molecular weight is 778 g/mol. The van der Waals surface area contributed by atoms with E-state index in [0.717, 1.165) is 57.8 Å². The van der Waals surface area contributed by atoms with Gasteiger partial charge in [-0.15, -0.1) is 0 Å². The fraction of sp³-hybridized carbons (Fsp3) is 0.918. The van der Waals surface area contributed by atoms with Crippen molar-refractivity contribution in [3.05, 3.63) is 12.2 Å². The first-order chi connectivity index (χ1) is 27.0. The number of hydrogen-bond donors (Lipinski definition) is 3. The van der Waals surface area contributed by atoms with Crippen molar-refractivity contribution in [1.82, 2.24) is 5.32 Å². The molecule has 0 rings (SSSR count). The summed E-state index contributed by atoms with van der Waals surface area (Å²) in [5.41, 5.74) is 0. The largest absolute Gasteiger partial charge is 0.466 e. The molecular formula is C49H95NO5. The zero-order chi connectivity index (χ0) is 40.1. The smallest absolute Gasteiger partial charge is 0.305 e. The molecule has 2 unspecified atom stereocenters. The Hall–Kier alpha value is -1.40. The van der Waals surface area contributed by atoms with Crippen molar-refractivity contribution in [2.24, 2.45) is 0 Å². The number of aliphatic hydroxyl groups is 2. The molecule has 0 saturated heterocycles. The lowest BCUT2D eigenvalue weighted by Crippen LogP contribution is -2.45. The maximum Gasteiger partial charge on any atom is 0.305 e. The van der Waals surface area contributed by atoms with Crippen LogP contribution in [0.5, 0.6) is 0 Å². The van der Waals surface area contributed by atoms with Crippen LogP contribution in [0.3, 0.4) is 0 Å². The second kappa shape index (κ2) is 45.3.